The molecule has 0 fully saturated rings. The Bertz CT molecular complexity index is 269. The second kappa shape index (κ2) is 2.29. The molecule has 2 N–H and O–H groups in total. The SMILES string of the molecule is Nc1n[n]([AlH2])cc1[N+](=O)[O-]. The van der Waals surface area contributed by atoms with Gasteiger partial charge in [0.1, 0.15) is 0 Å². The first-order chi connectivity index (χ1) is 4.61. The largest absolute Gasteiger partial charge is 0.398 e. The Hall–Kier alpha value is -1.06. The predicted octanol–water partition coefficient (Wildman–Crippen LogP) is -1.23. The van der Waals surface area contributed by atoms with Crippen molar-refractivity contribution < 1.29 is 4.92 Å². The lowest BCUT2D eigenvalue weighted by atomic mass is 10.5. The maximum absolute atomic E-state index is 10.1. The van der Waals surface area contributed by atoms with E-state index in [0.717, 1.165) is 0 Å². The van der Waals surface area contributed by atoms with Gasteiger partial charge in [0.15, 0.2) is 0 Å². The lowest BCUT2D eigenvalue weighted by molar-refractivity contribution is -0.383. The third-order valence-electron chi connectivity index (χ3n) is 1.03. The van der Waals surface area contributed by atoms with Gasteiger partial charge >= 0.3 is 22.2 Å². The summed E-state index contributed by atoms with van der Waals surface area (Å²) in [5.74, 6) is -0.0139. The molecular weight excluding hydrogens is 151 g/mol. The smallest absolute Gasteiger partial charge is 0.377 e. The van der Waals surface area contributed by atoms with Crippen LogP contribution in [0.15, 0.2) is 6.20 Å². The van der Waals surface area contributed by atoms with E-state index < -0.39 is 4.92 Å². The molecule has 0 aliphatic carbocycles. The quantitative estimate of drug-likeness (QED) is 0.313. The van der Waals surface area contributed by atoms with Crippen molar-refractivity contribution in [2.75, 3.05) is 5.73 Å². The normalized spacial score (nSPS) is 9.60. The maximum atomic E-state index is 10.1. The molecule has 1 rings (SSSR count). The molecule has 1 aromatic heterocycles. The monoisotopic (exact) mass is 156 g/mol. The molecule has 0 unspecified atom stereocenters. The lowest BCUT2D eigenvalue weighted by Gasteiger charge is -1.82. The first-order valence-corrected chi connectivity index (χ1v) is 3.44. The predicted molar refractivity (Wildman–Crippen MR) is 37.2 cm³/mol. The number of nitro groups is 1. The average Bonchev–Trinajstić information content (AvgIpc) is 2.10. The zero-order valence-corrected chi connectivity index (χ0v) is 7.31. The highest BCUT2D eigenvalue weighted by atomic mass is 27.1. The van der Waals surface area contributed by atoms with Crippen molar-refractivity contribution in [1.29, 1.82) is 0 Å². The Morgan fingerprint density at radius 1 is 1.90 bits per heavy atom. The average molecular weight is 156 g/mol. The highest BCUT2D eigenvalue weighted by molar-refractivity contribution is 6.06. The van der Waals surface area contributed by atoms with E-state index in [-0.39, 0.29) is 11.5 Å². The molecule has 7 heteroatoms. The van der Waals surface area contributed by atoms with Gasteiger partial charge in [-0.2, -0.15) is 5.10 Å². The molecule has 0 bridgehead atoms. The third-order valence-corrected chi connectivity index (χ3v) is 1.49. The van der Waals surface area contributed by atoms with Gasteiger partial charge in [0.2, 0.25) is 5.82 Å². The zero-order chi connectivity index (χ0) is 7.72. The van der Waals surface area contributed by atoms with Crippen LogP contribution in [0, 0.1) is 10.1 Å². The molecule has 52 valence electrons. The molecule has 0 aliphatic heterocycles. The number of nitrogens with two attached hydrogens (primary N) is 1. The summed E-state index contributed by atoms with van der Waals surface area (Å²) in [6, 6.07) is 0. The molecular formula is C3H5AlN4O2. The molecule has 0 atom stereocenters. The van der Waals surface area contributed by atoms with Crippen LogP contribution >= 0.6 is 0 Å². The topological polar surface area (TPSA) is 87.0 Å². The van der Waals surface area contributed by atoms with Crippen molar-refractivity contribution in [1.82, 2.24) is 8.76 Å². The fourth-order valence-electron chi connectivity index (χ4n) is 0.634. The van der Waals surface area contributed by atoms with Gasteiger partial charge in [0.05, 0.1) is 11.1 Å². The maximum Gasteiger partial charge on any atom is 0.398 e. The van der Waals surface area contributed by atoms with E-state index in [2.05, 4.69) is 5.10 Å². The van der Waals surface area contributed by atoms with Crippen LogP contribution in [0.4, 0.5) is 11.5 Å². The molecule has 6 nitrogen and oxygen atoms in total. The summed E-state index contributed by atoms with van der Waals surface area (Å²) >= 11 is 0.610. The summed E-state index contributed by atoms with van der Waals surface area (Å²) < 4.78 is 1.44. The number of rotatable bonds is 1. The first-order valence-electron chi connectivity index (χ1n) is 2.55. The van der Waals surface area contributed by atoms with E-state index >= 15 is 0 Å². The Kier molecular flexibility index (Phi) is 1.61. The van der Waals surface area contributed by atoms with Gasteiger partial charge in [0.25, 0.3) is 0 Å². The second-order valence-corrected chi connectivity index (χ2v) is 2.75. The van der Waals surface area contributed by atoms with Gasteiger partial charge in [-0.15, -0.1) is 0 Å². The molecule has 0 aliphatic rings. The zero-order valence-electron chi connectivity index (χ0n) is 5.31. The lowest BCUT2D eigenvalue weighted by Crippen LogP contribution is -1.93. The molecule has 0 saturated heterocycles. The van der Waals surface area contributed by atoms with Gasteiger partial charge in [-0.25, -0.2) is 0 Å². The van der Waals surface area contributed by atoms with Crippen LogP contribution in [0.2, 0.25) is 0 Å². The molecule has 0 radical (unpaired) electrons. The number of aromatic nitrogens is 2. The molecule has 0 amide bonds. The van der Waals surface area contributed by atoms with Gasteiger partial charge in [-0.05, 0) is 0 Å². The highest BCUT2D eigenvalue weighted by Crippen LogP contribution is 2.16. The molecule has 0 aromatic carbocycles. The van der Waals surface area contributed by atoms with Gasteiger partial charge in [-0.1, -0.05) is 0 Å². The summed E-state index contributed by atoms with van der Waals surface area (Å²) in [4.78, 5) is 9.58. The number of anilines is 1. The summed E-state index contributed by atoms with van der Waals surface area (Å²) in [6.45, 7) is 0. The van der Waals surface area contributed by atoms with Crippen molar-refractivity contribution >= 4 is 28.0 Å². The van der Waals surface area contributed by atoms with Crippen molar-refractivity contribution in [3.8, 4) is 0 Å². The van der Waals surface area contributed by atoms with E-state index in [0.29, 0.717) is 16.5 Å². The number of nitrogen functional groups attached to an aromatic ring is 1. The van der Waals surface area contributed by atoms with Crippen LogP contribution in [-0.2, 0) is 0 Å². The van der Waals surface area contributed by atoms with Crippen molar-refractivity contribution in [3.63, 3.8) is 0 Å². The Morgan fingerprint density at radius 3 is 2.70 bits per heavy atom. The fourth-order valence-corrected chi connectivity index (χ4v) is 1.09. The minimum atomic E-state index is -0.545. The molecule has 1 aromatic rings. The van der Waals surface area contributed by atoms with E-state index in [1.54, 1.807) is 0 Å². The summed E-state index contributed by atoms with van der Waals surface area (Å²) in [6.07, 6.45) is 1.32. The minimum absolute atomic E-state index is 0.0139. The molecule has 1 heterocycles. The van der Waals surface area contributed by atoms with E-state index in [1.807, 2.05) is 0 Å². The number of hydrogen-bond acceptors (Lipinski definition) is 4. The molecule has 0 spiro atoms. The fraction of sp³-hybridized carbons (Fsp3) is 0. The van der Waals surface area contributed by atoms with Gasteiger partial charge < -0.3 is 9.40 Å². The van der Waals surface area contributed by atoms with Crippen LogP contribution in [0.3, 0.4) is 0 Å². The van der Waals surface area contributed by atoms with Crippen LogP contribution in [0.1, 0.15) is 0 Å². The van der Waals surface area contributed by atoms with Gasteiger partial charge in [0, 0.05) is 0 Å². The summed E-state index contributed by atoms with van der Waals surface area (Å²) in [5.41, 5.74) is 5.08. The first kappa shape index (κ1) is 7.05. The Labute approximate surface area is 64.4 Å². The number of hydrogen-bond donors (Lipinski definition) is 1. The number of nitrogens with zero attached hydrogens (tertiary/aromatic N) is 3. The summed E-state index contributed by atoms with van der Waals surface area (Å²) in [5, 5.41) is 13.8. The van der Waals surface area contributed by atoms with Crippen LogP contribution < -0.4 is 5.73 Å². The minimum Gasteiger partial charge on any atom is -0.377 e. The van der Waals surface area contributed by atoms with E-state index in [1.165, 1.54) is 9.86 Å². The van der Waals surface area contributed by atoms with Gasteiger partial charge in [-0.3, -0.25) is 10.1 Å². The van der Waals surface area contributed by atoms with E-state index in [9.17, 15) is 10.1 Å². The Morgan fingerprint density at radius 2 is 2.50 bits per heavy atom. The highest BCUT2D eigenvalue weighted by Gasteiger charge is 2.13. The van der Waals surface area contributed by atoms with Crippen LogP contribution in [-0.4, -0.2) is 30.2 Å². The third kappa shape index (κ3) is 1.10. The second-order valence-electron chi connectivity index (χ2n) is 1.83. The van der Waals surface area contributed by atoms with E-state index in [4.69, 9.17) is 5.73 Å². The van der Waals surface area contributed by atoms with Crippen molar-refractivity contribution in [3.05, 3.63) is 16.3 Å². The Balaban J connectivity index is 3.15. The summed E-state index contributed by atoms with van der Waals surface area (Å²) in [7, 11) is 0. The van der Waals surface area contributed by atoms with Crippen LogP contribution in [0.5, 0.6) is 0 Å². The molecule has 10 heavy (non-hydrogen) atoms. The molecule has 0 saturated carbocycles. The standard InChI is InChI=1S/C3H3N4O2.Al.2H/c4-3-2(7(8)9)1-5-6-3;;;/h1H,(H2-,4,5,6);;;/q-1;+1;;. The van der Waals surface area contributed by atoms with Crippen molar-refractivity contribution in [2.24, 2.45) is 0 Å². The van der Waals surface area contributed by atoms with Crippen LogP contribution in [0.25, 0.3) is 0 Å². The van der Waals surface area contributed by atoms with Crippen molar-refractivity contribution in [2.45, 2.75) is 0 Å².